The number of hydrogen-bond donors (Lipinski definition) is 0. The summed E-state index contributed by atoms with van der Waals surface area (Å²) in [6, 6.07) is 16.6. The summed E-state index contributed by atoms with van der Waals surface area (Å²) in [5.41, 5.74) is 2.04. The molecule has 0 radical (unpaired) electrons. The molecule has 39 heavy (non-hydrogen) atoms. The highest BCUT2D eigenvalue weighted by atomic mass is 32.2. The van der Waals surface area contributed by atoms with Crippen LogP contribution in [-0.4, -0.2) is 43.6 Å². The van der Waals surface area contributed by atoms with Crippen molar-refractivity contribution in [2.45, 2.75) is 43.4 Å². The Kier molecular flexibility index (Phi) is 6.88. The molecule has 1 aliphatic carbocycles. The van der Waals surface area contributed by atoms with Crippen molar-refractivity contribution < 1.29 is 27.1 Å². The number of sulfone groups is 1. The number of ether oxygens (including phenoxy) is 2. The summed E-state index contributed by atoms with van der Waals surface area (Å²) in [4.78, 5) is 23.0. The van der Waals surface area contributed by atoms with E-state index < -0.39 is 38.5 Å². The summed E-state index contributed by atoms with van der Waals surface area (Å²) in [6.07, 6.45) is 0.307. The zero-order valence-electron chi connectivity index (χ0n) is 22.2. The van der Waals surface area contributed by atoms with E-state index in [9.17, 15) is 17.6 Å². The molecule has 2 atom stereocenters. The molecule has 4 aromatic rings. The number of methoxy groups -OCH3 is 1. The maximum atomic E-state index is 14.3. The van der Waals surface area contributed by atoms with Gasteiger partial charge in [-0.2, -0.15) is 0 Å². The Labute approximate surface area is 226 Å². The van der Waals surface area contributed by atoms with E-state index >= 15 is 0 Å². The number of Topliss-reactive ketones (excluding diaryl/α,β-unsaturated/α-hetero) is 1. The van der Waals surface area contributed by atoms with Crippen LogP contribution < -0.4 is 9.47 Å². The first kappa shape index (κ1) is 26.7. The van der Waals surface area contributed by atoms with Gasteiger partial charge in [0.2, 0.25) is 0 Å². The van der Waals surface area contributed by atoms with E-state index in [1.54, 1.807) is 37.3 Å². The lowest BCUT2D eigenvalue weighted by Gasteiger charge is -2.21. The first-order chi connectivity index (χ1) is 18.6. The van der Waals surface area contributed by atoms with E-state index in [4.69, 9.17) is 9.47 Å². The molecule has 0 saturated heterocycles. The van der Waals surface area contributed by atoms with Gasteiger partial charge >= 0.3 is 0 Å². The van der Waals surface area contributed by atoms with Crippen LogP contribution in [0.25, 0.3) is 10.9 Å². The molecule has 9 heteroatoms. The maximum Gasteiger partial charge on any atom is 0.250 e. The number of benzene rings is 2. The van der Waals surface area contributed by atoms with Crippen LogP contribution in [0.3, 0.4) is 0 Å². The summed E-state index contributed by atoms with van der Waals surface area (Å²) >= 11 is 0. The van der Waals surface area contributed by atoms with Crippen molar-refractivity contribution in [1.82, 2.24) is 9.97 Å². The first-order valence-corrected chi connectivity index (χ1v) is 14.3. The van der Waals surface area contributed by atoms with Gasteiger partial charge in [-0.3, -0.25) is 9.78 Å². The predicted molar refractivity (Wildman–Crippen MR) is 146 cm³/mol. The Morgan fingerprint density at radius 2 is 1.87 bits per heavy atom. The summed E-state index contributed by atoms with van der Waals surface area (Å²) in [7, 11) is -2.54. The minimum atomic E-state index is -4.04. The number of carbonyl (C=O) groups is 1. The molecule has 2 aromatic carbocycles. The summed E-state index contributed by atoms with van der Waals surface area (Å²) in [6.45, 7) is 5.68. The van der Waals surface area contributed by atoms with Crippen molar-refractivity contribution in [3.63, 3.8) is 0 Å². The lowest BCUT2D eigenvalue weighted by atomic mass is 9.86. The van der Waals surface area contributed by atoms with Gasteiger partial charge in [0.05, 0.1) is 29.5 Å². The molecule has 0 amide bonds. The highest BCUT2D eigenvalue weighted by Gasteiger charge is 2.63. The Bertz CT molecular complexity index is 1710. The number of nitrogens with zero attached hydrogens (tertiary/aromatic N) is 2. The van der Waals surface area contributed by atoms with Gasteiger partial charge in [-0.05, 0) is 69.7 Å². The van der Waals surface area contributed by atoms with Crippen LogP contribution in [0.15, 0.2) is 65.6 Å². The monoisotopic (exact) mass is 548 g/mol. The standard InChI is InChI=1S/C30H29FN2O5S/c1-5-38-29-23(31)12-13-25(33-29)22-16-30(22,21-15-18(2)9-14-26(21)37-4)28(34)17-39(35,36)27-8-6-7-24-20(27)11-10-19(3)32-24/h6-15,22H,5,16-17H2,1-4H3/t22-,30+/m0/s1. The number of ketones is 1. The van der Waals surface area contributed by atoms with E-state index in [1.165, 1.54) is 25.3 Å². The number of aryl methyl sites for hydroxylation is 2. The smallest absolute Gasteiger partial charge is 0.250 e. The molecule has 1 fully saturated rings. The van der Waals surface area contributed by atoms with Gasteiger partial charge in [-0.1, -0.05) is 23.8 Å². The maximum absolute atomic E-state index is 14.3. The molecule has 0 bridgehead atoms. The number of carbonyl (C=O) groups excluding carboxylic acids is 1. The SMILES string of the molecule is CCOc1nc([C@@H]2C[C@@]2(C(=O)CS(=O)(=O)c2cccc3nc(C)ccc23)c2cc(C)ccc2OC)ccc1F. The quantitative estimate of drug-likeness (QED) is 0.282. The molecule has 0 spiro atoms. The molecule has 7 nitrogen and oxygen atoms in total. The number of fused-ring (bicyclic) bond motifs is 1. The zero-order chi connectivity index (χ0) is 27.9. The molecular weight excluding hydrogens is 519 g/mol. The lowest BCUT2D eigenvalue weighted by molar-refractivity contribution is -0.119. The van der Waals surface area contributed by atoms with E-state index in [1.807, 2.05) is 26.0 Å². The second-order valence-corrected chi connectivity index (χ2v) is 11.8. The highest BCUT2D eigenvalue weighted by Crippen LogP contribution is 2.63. The van der Waals surface area contributed by atoms with Crippen molar-refractivity contribution in [2.24, 2.45) is 0 Å². The van der Waals surface area contributed by atoms with Crippen LogP contribution >= 0.6 is 0 Å². The first-order valence-electron chi connectivity index (χ1n) is 12.7. The lowest BCUT2D eigenvalue weighted by Crippen LogP contribution is -2.30. The molecule has 1 aliphatic rings. The summed E-state index contributed by atoms with van der Waals surface area (Å²) in [5.74, 6) is -1.94. The highest BCUT2D eigenvalue weighted by molar-refractivity contribution is 7.92. The van der Waals surface area contributed by atoms with E-state index in [0.29, 0.717) is 34.3 Å². The normalized spacial score (nSPS) is 18.6. The van der Waals surface area contributed by atoms with Crippen LogP contribution in [0, 0.1) is 19.7 Å². The van der Waals surface area contributed by atoms with Crippen molar-refractivity contribution >= 4 is 26.5 Å². The third-order valence-electron chi connectivity index (χ3n) is 7.25. The zero-order valence-corrected chi connectivity index (χ0v) is 23.0. The predicted octanol–water partition coefficient (Wildman–Crippen LogP) is 5.26. The number of hydrogen-bond acceptors (Lipinski definition) is 7. The van der Waals surface area contributed by atoms with Gasteiger partial charge in [0.25, 0.3) is 5.88 Å². The summed E-state index contributed by atoms with van der Waals surface area (Å²) < 4.78 is 52.7. The topological polar surface area (TPSA) is 95.5 Å². The minimum Gasteiger partial charge on any atom is -0.496 e. The number of aromatic nitrogens is 2. The van der Waals surface area contributed by atoms with E-state index in [2.05, 4.69) is 9.97 Å². The third kappa shape index (κ3) is 4.76. The molecule has 202 valence electrons. The third-order valence-corrected chi connectivity index (χ3v) is 8.92. The molecule has 2 heterocycles. The molecule has 0 aliphatic heterocycles. The van der Waals surface area contributed by atoms with E-state index in [-0.39, 0.29) is 17.4 Å². The summed E-state index contributed by atoms with van der Waals surface area (Å²) in [5, 5.41) is 0.465. The number of rotatable bonds is 9. The Morgan fingerprint density at radius 3 is 2.62 bits per heavy atom. The van der Waals surface area contributed by atoms with Gasteiger partial charge < -0.3 is 9.47 Å². The molecule has 0 N–H and O–H groups in total. The molecule has 1 saturated carbocycles. The molecule has 5 rings (SSSR count). The fraction of sp³-hybridized carbons (Fsp3) is 0.300. The van der Waals surface area contributed by atoms with E-state index in [0.717, 1.165) is 11.3 Å². The van der Waals surface area contributed by atoms with Crippen LogP contribution in [0.5, 0.6) is 11.6 Å². The number of pyridine rings is 2. The van der Waals surface area contributed by atoms with Crippen LogP contribution in [-0.2, 0) is 20.0 Å². The van der Waals surface area contributed by atoms with Gasteiger partial charge in [0.1, 0.15) is 11.5 Å². The van der Waals surface area contributed by atoms with Gasteiger partial charge in [0, 0.05) is 28.3 Å². The van der Waals surface area contributed by atoms with Gasteiger partial charge in [0.15, 0.2) is 21.4 Å². The van der Waals surface area contributed by atoms with Gasteiger partial charge in [-0.25, -0.2) is 17.8 Å². The fourth-order valence-corrected chi connectivity index (χ4v) is 6.85. The molecule has 0 unspecified atom stereocenters. The van der Waals surface area contributed by atoms with Crippen molar-refractivity contribution in [3.8, 4) is 11.6 Å². The number of halogens is 1. The second kappa shape index (κ2) is 10.0. The Morgan fingerprint density at radius 1 is 1.08 bits per heavy atom. The van der Waals surface area contributed by atoms with Crippen molar-refractivity contribution in [2.75, 3.05) is 19.5 Å². The Balaban J connectivity index is 1.60. The second-order valence-electron chi connectivity index (χ2n) is 9.85. The van der Waals surface area contributed by atoms with Crippen LogP contribution in [0.2, 0.25) is 0 Å². The van der Waals surface area contributed by atoms with Crippen molar-refractivity contribution in [1.29, 1.82) is 0 Å². The fourth-order valence-electron chi connectivity index (χ4n) is 5.30. The van der Waals surface area contributed by atoms with Gasteiger partial charge in [-0.15, -0.1) is 0 Å². The minimum absolute atomic E-state index is 0.0583. The van der Waals surface area contributed by atoms with Crippen LogP contribution in [0.4, 0.5) is 4.39 Å². The largest absolute Gasteiger partial charge is 0.496 e. The molecular formula is C30H29FN2O5S. The average molecular weight is 549 g/mol. The van der Waals surface area contributed by atoms with Crippen LogP contribution in [0.1, 0.15) is 41.8 Å². The van der Waals surface area contributed by atoms with Crippen molar-refractivity contribution in [3.05, 3.63) is 89.0 Å². The average Bonchev–Trinajstić information content (AvgIpc) is 3.66. The Hall–Kier alpha value is -3.85. The molecule has 2 aromatic heterocycles.